The topological polar surface area (TPSA) is 51.7 Å². The molecule has 2 saturated heterocycles. The number of likely N-dealkylation sites (tertiary alicyclic amines) is 1. The highest BCUT2D eigenvalue weighted by Gasteiger charge is 2.23. The van der Waals surface area contributed by atoms with Gasteiger partial charge in [0, 0.05) is 63.6 Å². The minimum atomic E-state index is 0.315. The van der Waals surface area contributed by atoms with Crippen LogP contribution in [0.2, 0.25) is 0 Å². The average molecular weight is 436 g/mol. The molecule has 0 spiro atoms. The number of hydrogen-bond donors (Lipinski definition) is 1. The number of pyridine rings is 1. The van der Waals surface area contributed by atoms with Gasteiger partial charge in [0.2, 0.25) is 5.91 Å². The summed E-state index contributed by atoms with van der Waals surface area (Å²) in [6.07, 6.45) is 5.48. The summed E-state index contributed by atoms with van der Waals surface area (Å²) >= 11 is 0. The summed E-state index contributed by atoms with van der Waals surface area (Å²) in [4.78, 5) is 24.1. The lowest BCUT2D eigenvalue weighted by Crippen LogP contribution is -2.47. The van der Waals surface area contributed by atoms with Crippen molar-refractivity contribution in [2.75, 3.05) is 56.0 Å². The molecule has 1 N–H and O–H groups in total. The molecule has 172 valence electrons. The van der Waals surface area contributed by atoms with Gasteiger partial charge in [0.1, 0.15) is 5.82 Å². The summed E-state index contributed by atoms with van der Waals surface area (Å²) in [5.41, 5.74) is 3.80. The molecule has 6 nitrogen and oxygen atoms in total. The first-order valence-electron chi connectivity index (χ1n) is 12.1. The van der Waals surface area contributed by atoms with Gasteiger partial charge in [-0.25, -0.2) is 4.98 Å². The smallest absolute Gasteiger partial charge is 0.222 e. The molecule has 2 aliphatic heterocycles. The van der Waals surface area contributed by atoms with E-state index < -0.39 is 0 Å². The molecule has 0 unspecified atom stereocenters. The fourth-order valence-electron chi connectivity index (χ4n) is 4.63. The lowest BCUT2D eigenvalue weighted by Gasteiger charge is -2.36. The number of carbonyl (C=O) groups excluding carboxylic acids is 1. The largest absolute Gasteiger partial charge is 0.369 e. The molecule has 32 heavy (non-hydrogen) atoms. The molecule has 3 heterocycles. The number of amides is 1. The van der Waals surface area contributed by atoms with E-state index in [1.807, 2.05) is 19.2 Å². The summed E-state index contributed by atoms with van der Waals surface area (Å²) in [6, 6.07) is 13.3. The van der Waals surface area contributed by atoms with Crippen LogP contribution in [0.3, 0.4) is 0 Å². The maximum atomic E-state index is 12.7. The van der Waals surface area contributed by atoms with Crippen LogP contribution in [0.4, 0.5) is 11.5 Å². The van der Waals surface area contributed by atoms with E-state index in [0.717, 1.165) is 70.9 Å². The Morgan fingerprint density at radius 3 is 2.28 bits per heavy atom. The van der Waals surface area contributed by atoms with Crippen molar-refractivity contribution in [3.05, 3.63) is 53.7 Å². The van der Waals surface area contributed by atoms with E-state index in [4.69, 9.17) is 0 Å². The molecule has 2 fully saturated rings. The molecule has 2 aromatic rings. The van der Waals surface area contributed by atoms with Crippen LogP contribution >= 0.6 is 0 Å². The van der Waals surface area contributed by atoms with E-state index in [1.54, 1.807) is 0 Å². The number of nitrogens with one attached hydrogen (secondary N) is 1. The molecule has 6 heteroatoms. The summed E-state index contributed by atoms with van der Waals surface area (Å²) in [6.45, 7) is 11.2. The number of rotatable bonds is 7. The van der Waals surface area contributed by atoms with Crippen LogP contribution < -0.4 is 10.2 Å². The summed E-state index contributed by atoms with van der Waals surface area (Å²) in [5.74, 6) is 1.25. The highest BCUT2D eigenvalue weighted by atomic mass is 16.2. The molecule has 0 radical (unpaired) electrons. The number of anilines is 2. The first-order chi connectivity index (χ1) is 15.6. The molecule has 0 aliphatic carbocycles. The Bertz CT molecular complexity index is 851. The van der Waals surface area contributed by atoms with E-state index in [0.29, 0.717) is 18.4 Å². The van der Waals surface area contributed by atoms with E-state index >= 15 is 0 Å². The average Bonchev–Trinajstić information content (AvgIpc) is 2.82. The Balaban J connectivity index is 1.11. The molecule has 4 rings (SSSR count). The van der Waals surface area contributed by atoms with Crippen LogP contribution in [0.1, 0.15) is 36.8 Å². The zero-order valence-electron chi connectivity index (χ0n) is 19.6. The van der Waals surface area contributed by atoms with Crippen LogP contribution in [-0.4, -0.2) is 72.5 Å². The second-order valence-electron chi connectivity index (χ2n) is 9.29. The third-order valence-corrected chi connectivity index (χ3v) is 6.75. The van der Waals surface area contributed by atoms with Crippen molar-refractivity contribution >= 4 is 17.4 Å². The SMILES string of the molecule is Cc1ccc(N2CCN(CCCC(=O)N3CCC(Nc4ccc(C)cn4)CC3)CC2)cc1. The van der Waals surface area contributed by atoms with Crippen LogP contribution in [0.15, 0.2) is 42.6 Å². The van der Waals surface area contributed by atoms with Crippen molar-refractivity contribution in [1.82, 2.24) is 14.8 Å². The van der Waals surface area contributed by atoms with Gasteiger partial charge in [0.25, 0.3) is 0 Å². The van der Waals surface area contributed by atoms with Crippen molar-refractivity contribution < 1.29 is 4.79 Å². The predicted octanol–water partition coefficient (Wildman–Crippen LogP) is 3.70. The molecule has 0 saturated carbocycles. The Kier molecular flexibility index (Phi) is 7.63. The number of benzene rings is 1. The normalized spacial score (nSPS) is 18.1. The molecule has 0 bridgehead atoms. The third kappa shape index (κ3) is 6.22. The van der Waals surface area contributed by atoms with Gasteiger partial charge >= 0.3 is 0 Å². The van der Waals surface area contributed by atoms with Gasteiger partial charge in [-0.05, 0) is 63.4 Å². The van der Waals surface area contributed by atoms with E-state index in [2.05, 4.69) is 62.3 Å². The standard InChI is InChI=1S/C26H37N5O/c1-21-5-8-24(9-6-21)30-18-16-29(17-19-30)13-3-4-26(32)31-14-11-23(12-15-31)28-25-10-7-22(2)20-27-25/h5-10,20,23H,3-4,11-19H2,1-2H3,(H,27,28). The molecule has 0 atom stereocenters. The highest BCUT2D eigenvalue weighted by Crippen LogP contribution is 2.18. The Hall–Kier alpha value is -2.60. The summed E-state index contributed by atoms with van der Waals surface area (Å²) in [5, 5.41) is 3.51. The number of piperidine rings is 1. The molecule has 1 amide bonds. The molecular formula is C26H37N5O. The number of piperazine rings is 1. The Labute approximate surface area is 192 Å². The quantitative estimate of drug-likeness (QED) is 0.719. The van der Waals surface area contributed by atoms with Crippen LogP contribution in [0, 0.1) is 13.8 Å². The van der Waals surface area contributed by atoms with Crippen molar-refractivity contribution in [1.29, 1.82) is 0 Å². The van der Waals surface area contributed by atoms with Gasteiger partial charge in [-0.3, -0.25) is 9.69 Å². The van der Waals surface area contributed by atoms with Crippen LogP contribution in [0.5, 0.6) is 0 Å². The molecular weight excluding hydrogens is 398 g/mol. The number of nitrogens with zero attached hydrogens (tertiary/aromatic N) is 4. The minimum absolute atomic E-state index is 0.315. The highest BCUT2D eigenvalue weighted by molar-refractivity contribution is 5.76. The lowest BCUT2D eigenvalue weighted by atomic mass is 10.0. The maximum Gasteiger partial charge on any atom is 0.222 e. The number of aryl methyl sites for hydroxylation is 2. The molecule has 1 aromatic carbocycles. The van der Waals surface area contributed by atoms with Gasteiger partial charge in [0.15, 0.2) is 0 Å². The second kappa shape index (κ2) is 10.8. The Morgan fingerprint density at radius 2 is 1.62 bits per heavy atom. The van der Waals surface area contributed by atoms with Gasteiger partial charge in [-0.1, -0.05) is 23.8 Å². The van der Waals surface area contributed by atoms with Gasteiger partial charge in [0.05, 0.1) is 0 Å². The second-order valence-corrected chi connectivity index (χ2v) is 9.29. The van der Waals surface area contributed by atoms with Crippen LogP contribution in [-0.2, 0) is 4.79 Å². The fourth-order valence-corrected chi connectivity index (χ4v) is 4.63. The fraction of sp³-hybridized carbons (Fsp3) is 0.538. The molecule has 2 aliphatic rings. The van der Waals surface area contributed by atoms with E-state index in [-0.39, 0.29) is 0 Å². The Morgan fingerprint density at radius 1 is 0.938 bits per heavy atom. The zero-order valence-corrected chi connectivity index (χ0v) is 19.6. The number of aromatic nitrogens is 1. The number of carbonyl (C=O) groups is 1. The first kappa shape index (κ1) is 22.6. The predicted molar refractivity (Wildman–Crippen MR) is 131 cm³/mol. The van der Waals surface area contributed by atoms with Crippen molar-refractivity contribution in [3.63, 3.8) is 0 Å². The van der Waals surface area contributed by atoms with Crippen molar-refractivity contribution in [2.45, 2.75) is 45.6 Å². The minimum Gasteiger partial charge on any atom is -0.369 e. The summed E-state index contributed by atoms with van der Waals surface area (Å²) < 4.78 is 0. The van der Waals surface area contributed by atoms with Gasteiger partial charge in [-0.2, -0.15) is 0 Å². The molecule has 1 aromatic heterocycles. The van der Waals surface area contributed by atoms with E-state index in [1.165, 1.54) is 16.8 Å². The van der Waals surface area contributed by atoms with Gasteiger partial charge in [-0.15, -0.1) is 0 Å². The van der Waals surface area contributed by atoms with Crippen LogP contribution in [0.25, 0.3) is 0 Å². The van der Waals surface area contributed by atoms with Gasteiger partial charge < -0.3 is 15.1 Å². The zero-order chi connectivity index (χ0) is 22.3. The third-order valence-electron chi connectivity index (χ3n) is 6.75. The first-order valence-corrected chi connectivity index (χ1v) is 12.1. The summed E-state index contributed by atoms with van der Waals surface area (Å²) in [7, 11) is 0. The van der Waals surface area contributed by atoms with Crippen molar-refractivity contribution in [3.8, 4) is 0 Å². The maximum absolute atomic E-state index is 12.7. The van der Waals surface area contributed by atoms with E-state index in [9.17, 15) is 4.79 Å². The lowest BCUT2D eigenvalue weighted by molar-refractivity contribution is -0.132. The number of hydrogen-bond acceptors (Lipinski definition) is 5. The van der Waals surface area contributed by atoms with Crippen molar-refractivity contribution in [2.24, 2.45) is 0 Å². The monoisotopic (exact) mass is 435 g/mol.